The Hall–Kier alpha value is -2.75. The second kappa shape index (κ2) is 9.84. The number of alkyl halides is 3. The minimum atomic E-state index is -4.34. The quantitative estimate of drug-likeness (QED) is 0.683. The number of halogens is 3. The monoisotopic (exact) mass is 422 g/mol. The first-order valence-electron chi connectivity index (χ1n) is 9.81. The van der Waals surface area contributed by atoms with Crippen LogP contribution in [-0.2, 0) is 0 Å². The molecule has 0 bridgehead atoms. The number of piperidine rings is 1. The maximum Gasteiger partial charge on any atom is 0.394 e. The molecule has 1 N–H and O–H groups in total. The average molecular weight is 422 g/mol. The Labute approximate surface area is 173 Å². The number of aliphatic imine (C=N–C) groups is 2. The van der Waals surface area contributed by atoms with Gasteiger partial charge in [0.2, 0.25) is 0 Å². The first kappa shape index (κ1) is 21.9. The second-order valence-electron chi connectivity index (χ2n) is 7.28. The number of hydrogen-bond donors (Lipinski definition) is 1. The lowest BCUT2D eigenvalue weighted by Gasteiger charge is -2.33. The minimum absolute atomic E-state index is 0.0947. The molecule has 1 saturated heterocycles. The van der Waals surface area contributed by atoms with Crippen LogP contribution in [0, 0.1) is 5.92 Å². The van der Waals surface area contributed by atoms with Crippen molar-refractivity contribution in [2.24, 2.45) is 15.9 Å². The molecule has 1 aromatic heterocycles. The third kappa shape index (κ3) is 5.88. The molecular weight excluding hydrogens is 397 g/mol. The van der Waals surface area contributed by atoms with Gasteiger partial charge in [-0.3, -0.25) is 9.98 Å². The highest BCUT2D eigenvalue weighted by atomic mass is 19.4. The summed E-state index contributed by atoms with van der Waals surface area (Å²) in [6.45, 7) is 5.55. The molecule has 1 atom stereocenters. The van der Waals surface area contributed by atoms with E-state index in [1.807, 2.05) is 6.07 Å². The summed E-state index contributed by atoms with van der Waals surface area (Å²) in [4.78, 5) is 20.3. The molecule has 0 radical (unpaired) electrons. The zero-order valence-electron chi connectivity index (χ0n) is 16.6. The highest BCUT2D eigenvalue weighted by Crippen LogP contribution is 2.29. The van der Waals surface area contributed by atoms with Gasteiger partial charge in [-0.2, -0.15) is 13.2 Å². The smallest absolute Gasteiger partial charge is 0.394 e. The molecule has 0 aromatic carbocycles. The highest BCUT2D eigenvalue weighted by Gasteiger charge is 2.30. The fourth-order valence-corrected chi connectivity index (χ4v) is 3.66. The van der Waals surface area contributed by atoms with E-state index in [9.17, 15) is 18.3 Å². The molecule has 2 aliphatic heterocycles. The van der Waals surface area contributed by atoms with E-state index in [1.165, 1.54) is 18.6 Å². The summed E-state index contributed by atoms with van der Waals surface area (Å²) in [6, 6.07) is 1.81. The van der Waals surface area contributed by atoms with Gasteiger partial charge in [0.15, 0.2) is 5.82 Å². The zero-order valence-corrected chi connectivity index (χ0v) is 16.6. The summed E-state index contributed by atoms with van der Waals surface area (Å²) >= 11 is 0. The Kier molecular flexibility index (Phi) is 7.20. The third-order valence-electron chi connectivity index (χ3n) is 5.00. The van der Waals surface area contributed by atoms with E-state index in [-0.39, 0.29) is 18.8 Å². The van der Waals surface area contributed by atoms with Crippen LogP contribution in [0.25, 0.3) is 5.70 Å². The zero-order chi connectivity index (χ0) is 21.6. The molecule has 1 aromatic rings. The maximum atomic E-state index is 12.8. The predicted octanol–water partition coefficient (Wildman–Crippen LogP) is 3.25. The molecule has 162 valence electrons. The molecular formula is C20H25F3N6O. The van der Waals surface area contributed by atoms with Crippen LogP contribution in [0.2, 0.25) is 0 Å². The van der Waals surface area contributed by atoms with Crippen molar-refractivity contribution in [3.05, 3.63) is 36.2 Å². The SMILES string of the molecule is C=N/C=C(/c1nccc(N2CCCC(CCO)C2)n1)N1C=C(CC(F)(F)F)N=CC1. The van der Waals surface area contributed by atoms with Gasteiger partial charge in [0, 0.05) is 38.3 Å². The molecule has 2 aliphatic rings. The lowest BCUT2D eigenvalue weighted by atomic mass is 9.95. The normalized spacial score (nSPS) is 20.3. The van der Waals surface area contributed by atoms with Crippen molar-refractivity contribution in [1.29, 1.82) is 0 Å². The number of anilines is 1. The van der Waals surface area contributed by atoms with Crippen molar-refractivity contribution in [3.63, 3.8) is 0 Å². The molecule has 1 unspecified atom stereocenters. The van der Waals surface area contributed by atoms with E-state index in [0.717, 1.165) is 38.2 Å². The van der Waals surface area contributed by atoms with Crippen LogP contribution in [-0.4, -0.2) is 65.3 Å². The van der Waals surface area contributed by atoms with Crippen LogP contribution in [0.3, 0.4) is 0 Å². The molecule has 3 rings (SSSR count). The molecule has 0 saturated carbocycles. The van der Waals surface area contributed by atoms with Crippen molar-refractivity contribution >= 4 is 24.4 Å². The summed E-state index contributed by atoms with van der Waals surface area (Å²) in [6.07, 6.45) is 3.20. The topological polar surface area (TPSA) is 77.2 Å². The molecule has 30 heavy (non-hydrogen) atoms. The van der Waals surface area contributed by atoms with Gasteiger partial charge < -0.3 is 14.9 Å². The van der Waals surface area contributed by atoms with Gasteiger partial charge in [-0.25, -0.2) is 9.97 Å². The van der Waals surface area contributed by atoms with E-state index in [1.54, 1.807) is 11.1 Å². The van der Waals surface area contributed by atoms with Gasteiger partial charge in [-0.05, 0) is 38.0 Å². The van der Waals surface area contributed by atoms with Gasteiger partial charge in [-0.15, -0.1) is 0 Å². The van der Waals surface area contributed by atoms with Crippen molar-refractivity contribution in [2.45, 2.75) is 31.9 Å². The molecule has 0 aliphatic carbocycles. The van der Waals surface area contributed by atoms with Gasteiger partial charge >= 0.3 is 6.18 Å². The predicted molar refractivity (Wildman–Crippen MR) is 110 cm³/mol. The minimum Gasteiger partial charge on any atom is -0.396 e. The summed E-state index contributed by atoms with van der Waals surface area (Å²) in [7, 11) is 0. The number of aromatic nitrogens is 2. The summed E-state index contributed by atoms with van der Waals surface area (Å²) in [5.74, 6) is 1.49. The fraction of sp³-hybridized carbons (Fsp3) is 0.500. The highest BCUT2D eigenvalue weighted by molar-refractivity contribution is 5.70. The average Bonchev–Trinajstić information content (AvgIpc) is 2.71. The lowest BCUT2D eigenvalue weighted by molar-refractivity contribution is -0.127. The van der Waals surface area contributed by atoms with E-state index >= 15 is 0 Å². The molecule has 0 amide bonds. The first-order chi connectivity index (χ1) is 14.4. The number of hydrogen-bond acceptors (Lipinski definition) is 7. The van der Waals surface area contributed by atoms with Crippen LogP contribution in [0.15, 0.2) is 40.3 Å². The van der Waals surface area contributed by atoms with Crippen molar-refractivity contribution in [1.82, 2.24) is 14.9 Å². The van der Waals surface area contributed by atoms with Crippen LogP contribution >= 0.6 is 0 Å². The van der Waals surface area contributed by atoms with E-state index < -0.39 is 12.6 Å². The van der Waals surface area contributed by atoms with E-state index in [2.05, 4.69) is 31.6 Å². The Morgan fingerprint density at radius 2 is 2.23 bits per heavy atom. The maximum absolute atomic E-state index is 12.8. The van der Waals surface area contributed by atoms with Gasteiger partial charge in [0.05, 0.1) is 24.9 Å². The van der Waals surface area contributed by atoms with Crippen LogP contribution < -0.4 is 4.90 Å². The fourth-order valence-electron chi connectivity index (χ4n) is 3.66. The summed E-state index contributed by atoms with van der Waals surface area (Å²) in [5.41, 5.74) is 0.351. The Morgan fingerprint density at radius 3 is 2.97 bits per heavy atom. The van der Waals surface area contributed by atoms with Crippen LogP contribution in [0.5, 0.6) is 0 Å². The molecule has 1 fully saturated rings. The largest absolute Gasteiger partial charge is 0.396 e. The van der Waals surface area contributed by atoms with Crippen LogP contribution in [0.4, 0.5) is 19.0 Å². The summed E-state index contributed by atoms with van der Waals surface area (Å²) < 4.78 is 38.3. The Bertz CT molecular complexity index is 834. The lowest BCUT2D eigenvalue weighted by Crippen LogP contribution is -2.36. The molecule has 3 heterocycles. The van der Waals surface area contributed by atoms with Crippen molar-refractivity contribution < 1.29 is 18.3 Å². The number of nitrogens with zero attached hydrogens (tertiary/aromatic N) is 6. The number of rotatable bonds is 7. The Balaban J connectivity index is 1.83. The molecule has 7 nitrogen and oxygen atoms in total. The molecule has 10 heteroatoms. The third-order valence-corrected chi connectivity index (χ3v) is 5.00. The van der Waals surface area contributed by atoms with Gasteiger partial charge in [0.1, 0.15) is 11.5 Å². The number of aliphatic hydroxyl groups excluding tert-OH is 1. The van der Waals surface area contributed by atoms with E-state index in [0.29, 0.717) is 17.4 Å². The van der Waals surface area contributed by atoms with Crippen LogP contribution in [0.1, 0.15) is 31.5 Å². The van der Waals surface area contributed by atoms with Crippen molar-refractivity contribution in [3.8, 4) is 0 Å². The second-order valence-corrected chi connectivity index (χ2v) is 7.28. The first-order valence-corrected chi connectivity index (χ1v) is 9.81. The Morgan fingerprint density at radius 1 is 1.40 bits per heavy atom. The summed E-state index contributed by atoms with van der Waals surface area (Å²) in [5, 5.41) is 9.23. The number of aliphatic hydroxyl groups is 1. The van der Waals surface area contributed by atoms with Gasteiger partial charge in [0.25, 0.3) is 0 Å². The number of allylic oxidation sites excluding steroid dienone is 1. The van der Waals surface area contributed by atoms with E-state index in [4.69, 9.17) is 0 Å². The van der Waals surface area contributed by atoms with Crippen molar-refractivity contribution in [2.75, 3.05) is 31.1 Å². The standard InChI is InChI=1S/C20H25F3N6O/c1-24-12-17(28-9-7-25-16(14-28)11-20(21,22)23)19-26-6-4-18(27-19)29-8-2-3-15(13-29)5-10-30/h4,6-7,12,14-15,30H,1-3,5,8-11,13H2/b17-12-. The molecule has 0 spiro atoms. The van der Waals surface area contributed by atoms with Gasteiger partial charge in [-0.1, -0.05) is 0 Å².